The zero-order chi connectivity index (χ0) is 24.2. The third-order valence-corrected chi connectivity index (χ3v) is 6.65. The molecule has 0 radical (unpaired) electrons. The number of aromatic amines is 1. The van der Waals surface area contributed by atoms with Crippen LogP contribution in [0.4, 0.5) is 5.69 Å². The number of rotatable bonds is 7. The lowest BCUT2D eigenvalue weighted by atomic mass is 9.80. The fourth-order valence-corrected chi connectivity index (χ4v) is 4.77. The Morgan fingerprint density at radius 3 is 2.53 bits per heavy atom. The Bertz CT molecular complexity index is 1260. The Kier molecular flexibility index (Phi) is 7.17. The SMILES string of the molecule is CCOC(=O)[C@@H]1CN(CCn2c(=O)[nH]c3ccccc3c2=O)CC[C@@H]1c1ccc(N(C)C)cc1. The number of fused-ring (bicyclic) bond motifs is 1. The molecule has 0 amide bonds. The summed E-state index contributed by atoms with van der Waals surface area (Å²) in [6, 6.07) is 15.3. The molecule has 1 aliphatic rings. The van der Waals surface area contributed by atoms with E-state index < -0.39 is 5.69 Å². The number of hydrogen-bond acceptors (Lipinski definition) is 6. The minimum Gasteiger partial charge on any atom is -0.466 e. The number of aromatic nitrogens is 2. The Hall–Kier alpha value is -3.39. The second-order valence-electron chi connectivity index (χ2n) is 8.97. The van der Waals surface area contributed by atoms with Gasteiger partial charge in [-0.05, 0) is 55.6 Å². The van der Waals surface area contributed by atoms with Gasteiger partial charge in [0.05, 0.1) is 23.4 Å². The van der Waals surface area contributed by atoms with Crippen LogP contribution in [-0.4, -0.2) is 60.8 Å². The van der Waals surface area contributed by atoms with Crippen molar-refractivity contribution in [3.63, 3.8) is 0 Å². The minimum absolute atomic E-state index is 0.0679. The normalized spacial score (nSPS) is 18.7. The fraction of sp³-hybridized carbons (Fsp3) is 0.423. The molecule has 4 rings (SSSR count). The van der Waals surface area contributed by atoms with Gasteiger partial charge in [-0.2, -0.15) is 0 Å². The molecule has 2 atom stereocenters. The van der Waals surface area contributed by atoms with Crippen LogP contribution in [0.1, 0.15) is 24.8 Å². The molecule has 1 aliphatic heterocycles. The van der Waals surface area contributed by atoms with E-state index in [1.54, 1.807) is 24.3 Å². The first-order valence-corrected chi connectivity index (χ1v) is 11.8. The molecule has 1 aromatic heterocycles. The lowest BCUT2D eigenvalue weighted by molar-refractivity contribution is -0.150. The average molecular weight is 465 g/mol. The van der Waals surface area contributed by atoms with E-state index in [2.05, 4.69) is 34.1 Å². The lowest BCUT2D eigenvalue weighted by Gasteiger charge is -2.37. The summed E-state index contributed by atoms with van der Waals surface area (Å²) in [5.41, 5.74) is 2.07. The van der Waals surface area contributed by atoms with Gasteiger partial charge in [-0.15, -0.1) is 0 Å². The number of nitrogens with zero attached hydrogens (tertiary/aromatic N) is 3. The van der Waals surface area contributed by atoms with Crippen LogP contribution >= 0.6 is 0 Å². The van der Waals surface area contributed by atoms with Gasteiger partial charge in [-0.1, -0.05) is 24.3 Å². The van der Waals surface area contributed by atoms with Crippen LogP contribution in [-0.2, 0) is 16.1 Å². The lowest BCUT2D eigenvalue weighted by Crippen LogP contribution is -2.46. The van der Waals surface area contributed by atoms with E-state index in [9.17, 15) is 14.4 Å². The maximum absolute atomic E-state index is 12.9. The molecule has 180 valence electrons. The number of anilines is 1. The van der Waals surface area contributed by atoms with Crippen molar-refractivity contribution < 1.29 is 9.53 Å². The number of carbonyl (C=O) groups excluding carboxylic acids is 1. The van der Waals surface area contributed by atoms with Crippen LogP contribution in [0.5, 0.6) is 0 Å². The number of likely N-dealkylation sites (tertiary alicyclic amines) is 1. The molecule has 0 aliphatic carbocycles. The molecule has 2 heterocycles. The summed E-state index contributed by atoms with van der Waals surface area (Å²) in [5.74, 6) is -0.432. The van der Waals surface area contributed by atoms with Gasteiger partial charge in [0, 0.05) is 39.4 Å². The van der Waals surface area contributed by atoms with Gasteiger partial charge in [0.2, 0.25) is 0 Å². The van der Waals surface area contributed by atoms with E-state index >= 15 is 0 Å². The summed E-state index contributed by atoms with van der Waals surface area (Å²) in [4.78, 5) is 45.2. The Morgan fingerprint density at radius 2 is 1.82 bits per heavy atom. The Labute approximate surface area is 198 Å². The quantitative estimate of drug-likeness (QED) is 0.541. The number of benzene rings is 2. The first kappa shape index (κ1) is 23.8. The largest absolute Gasteiger partial charge is 0.466 e. The van der Waals surface area contributed by atoms with Gasteiger partial charge >= 0.3 is 11.7 Å². The van der Waals surface area contributed by atoms with Crippen LogP contribution in [0.2, 0.25) is 0 Å². The molecule has 1 N–H and O–H groups in total. The second kappa shape index (κ2) is 10.3. The molecule has 3 aromatic rings. The molecule has 1 saturated heterocycles. The van der Waals surface area contributed by atoms with Gasteiger partial charge in [0.25, 0.3) is 5.56 Å². The monoisotopic (exact) mass is 464 g/mol. The van der Waals surface area contributed by atoms with Crippen LogP contribution in [0.3, 0.4) is 0 Å². The molecule has 8 nitrogen and oxygen atoms in total. The zero-order valence-electron chi connectivity index (χ0n) is 20.0. The van der Waals surface area contributed by atoms with E-state index in [1.165, 1.54) is 4.57 Å². The third kappa shape index (κ3) is 4.92. The maximum atomic E-state index is 12.9. The predicted octanol–water partition coefficient (Wildman–Crippen LogP) is 2.42. The Morgan fingerprint density at radius 1 is 1.09 bits per heavy atom. The summed E-state index contributed by atoms with van der Waals surface area (Å²) in [6.07, 6.45) is 0.799. The van der Waals surface area contributed by atoms with Gasteiger partial charge in [-0.25, -0.2) is 4.79 Å². The summed E-state index contributed by atoms with van der Waals surface area (Å²) in [5, 5.41) is 0.492. The molecule has 0 bridgehead atoms. The van der Waals surface area contributed by atoms with Crippen molar-refractivity contribution >= 4 is 22.6 Å². The number of nitrogens with one attached hydrogen (secondary N) is 1. The molecule has 8 heteroatoms. The van der Waals surface area contributed by atoms with Crippen LogP contribution in [0.25, 0.3) is 10.9 Å². The van der Waals surface area contributed by atoms with E-state index in [1.807, 2.05) is 25.9 Å². The fourth-order valence-electron chi connectivity index (χ4n) is 4.77. The smallest absolute Gasteiger partial charge is 0.328 e. The van der Waals surface area contributed by atoms with Crippen LogP contribution in [0, 0.1) is 5.92 Å². The summed E-state index contributed by atoms with van der Waals surface area (Å²) >= 11 is 0. The number of esters is 1. The highest BCUT2D eigenvalue weighted by Gasteiger charge is 2.36. The standard InChI is InChI=1S/C26H32N4O4/c1-4-34-25(32)22-17-29(14-13-20(22)18-9-11-19(12-10-18)28(2)3)15-16-30-24(31)21-7-5-6-8-23(21)27-26(30)33/h5-12,20,22H,4,13-17H2,1-3H3,(H,27,33)/t20-,22-/m1/s1. The first-order chi connectivity index (χ1) is 16.4. The minimum atomic E-state index is -0.415. The van der Waals surface area contributed by atoms with E-state index in [-0.39, 0.29) is 29.9 Å². The van der Waals surface area contributed by atoms with Crippen molar-refractivity contribution in [2.45, 2.75) is 25.8 Å². The molecular formula is C26H32N4O4. The van der Waals surface area contributed by atoms with E-state index in [4.69, 9.17) is 4.74 Å². The van der Waals surface area contributed by atoms with Crippen LogP contribution < -0.4 is 16.1 Å². The van der Waals surface area contributed by atoms with Gasteiger partial charge in [-0.3, -0.25) is 14.2 Å². The van der Waals surface area contributed by atoms with Crippen LogP contribution in [0.15, 0.2) is 58.1 Å². The highest BCUT2D eigenvalue weighted by Crippen LogP contribution is 2.34. The molecule has 0 saturated carbocycles. The van der Waals surface area contributed by atoms with Crippen molar-refractivity contribution in [3.05, 3.63) is 74.9 Å². The highest BCUT2D eigenvalue weighted by atomic mass is 16.5. The third-order valence-electron chi connectivity index (χ3n) is 6.65. The number of H-pyrrole nitrogens is 1. The number of para-hydroxylation sites is 1. The number of ether oxygens (including phenoxy) is 1. The van der Waals surface area contributed by atoms with Gasteiger partial charge < -0.3 is 19.5 Å². The average Bonchev–Trinajstić information content (AvgIpc) is 2.84. The highest BCUT2D eigenvalue weighted by molar-refractivity contribution is 5.77. The van der Waals surface area contributed by atoms with Gasteiger partial charge in [0.1, 0.15) is 0 Å². The van der Waals surface area contributed by atoms with E-state index in [0.717, 1.165) is 24.2 Å². The molecule has 0 spiro atoms. The van der Waals surface area contributed by atoms with Gasteiger partial charge in [0.15, 0.2) is 0 Å². The summed E-state index contributed by atoms with van der Waals surface area (Å²) in [7, 11) is 4.00. The molecule has 2 aromatic carbocycles. The first-order valence-electron chi connectivity index (χ1n) is 11.8. The molecular weight excluding hydrogens is 432 g/mol. The predicted molar refractivity (Wildman–Crippen MR) is 134 cm³/mol. The maximum Gasteiger partial charge on any atom is 0.328 e. The molecule has 1 fully saturated rings. The molecule has 0 unspecified atom stereocenters. The topological polar surface area (TPSA) is 87.6 Å². The van der Waals surface area contributed by atoms with Crippen molar-refractivity contribution in [2.24, 2.45) is 5.92 Å². The number of piperidine rings is 1. The summed E-state index contributed by atoms with van der Waals surface area (Å²) in [6.45, 7) is 4.22. The van der Waals surface area contributed by atoms with Crippen molar-refractivity contribution in [1.29, 1.82) is 0 Å². The van der Waals surface area contributed by atoms with Crippen molar-refractivity contribution in [2.75, 3.05) is 45.2 Å². The molecule has 34 heavy (non-hydrogen) atoms. The van der Waals surface area contributed by atoms with Crippen molar-refractivity contribution in [1.82, 2.24) is 14.5 Å². The number of hydrogen-bond donors (Lipinski definition) is 1. The zero-order valence-corrected chi connectivity index (χ0v) is 20.0. The number of carbonyl (C=O) groups is 1. The van der Waals surface area contributed by atoms with E-state index in [0.29, 0.717) is 30.6 Å². The Balaban J connectivity index is 1.51. The summed E-state index contributed by atoms with van der Waals surface area (Å²) < 4.78 is 6.65. The van der Waals surface area contributed by atoms with Crippen molar-refractivity contribution in [3.8, 4) is 0 Å². The second-order valence-corrected chi connectivity index (χ2v) is 8.97.